The number of ketones is 1. The molecule has 2 aliphatic rings. The molecule has 1 aliphatic heterocycles. The fourth-order valence-corrected chi connectivity index (χ4v) is 5.55. The topological polar surface area (TPSA) is 146 Å². The molecular formula is C22H18N6O3S2. The average Bonchev–Trinajstić information content (AvgIpc) is 3.30. The largest absolute Gasteiger partial charge is 0.465 e. The van der Waals surface area contributed by atoms with Crippen molar-refractivity contribution in [2.45, 2.75) is 29.5 Å². The van der Waals surface area contributed by atoms with E-state index in [1.807, 2.05) is 6.07 Å². The molecule has 0 radical (unpaired) electrons. The SMILES string of the molecule is COC(=O)c1ccc(C2C(C#N)=C(N)N(c3nnc(SCC#N)s3)C3=C2C(=O)CCC3)cc1. The van der Waals surface area contributed by atoms with Crippen LogP contribution in [0.5, 0.6) is 0 Å². The van der Waals surface area contributed by atoms with Crippen LogP contribution in [-0.4, -0.2) is 34.8 Å². The molecule has 4 rings (SSSR count). The molecule has 0 saturated heterocycles. The molecule has 0 bridgehead atoms. The van der Waals surface area contributed by atoms with E-state index in [4.69, 9.17) is 15.7 Å². The van der Waals surface area contributed by atoms with Crippen LogP contribution in [0.15, 0.2) is 51.3 Å². The van der Waals surface area contributed by atoms with Crippen molar-refractivity contribution < 1.29 is 14.3 Å². The van der Waals surface area contributed by atoms with Gasteiger partial charge in [0.1, 0.15) is 5.82 Å². The van der Waals surface area contributed by atoms with Crippen LogP contribution in [0.3, 0.4) is 0 Å². The Balaban J connectivity index is 1.83. The number of ether oxygens (including phenoxy) is 1. The van der Waals surface area contributed by atoms with Crippen LogP contribution in [0.1, 0.15) is 41.1 Å². The summed E-state index contributed by atoms with van der Waals surface area (Å²) in [4.78, 5) is 26.6. The number of methoxy groups -OCH3 is 1. The monoisotopic (exact) mass is 478 g/mol. The van der Waals surface area contributed by atoms with Crippen molar-refractivity contribution in [2.24, 2.45) is 5.73 Å². The first-order chi connectivity index (χ1) is 16.0. The van der Waals surface area contributed by atoms with E-state index in [9.17, 15) is 14.9 Å². The van der Waals surface area contributed by atoms with E-state index in [2.05, 4.69) is 16.3 Å². The van der Waals surface area contributed by atoms with Gasteiger partial charge >= 0.3 is 5.97 Å². The van der Waals surface area contributed by atoms with Gasteiger partial charge in [-0.05, 0) is 30.5 Å². The number of nitrogens with two attached hydrogens (primary N) is 1. The van der Waals surface area contributed by atoms with Crippen molar-refractivity contribution >= 4 is 40.0 Å². The molecule has 2 heterocycles. The van der Waals surface area contributed by atoms with E-state index < -0.39 is 11.9 Å². The molecule has 0 amide bonds. The Bertz CT molecular complexity index is 1270. The molecule has 1 atom stereocenters. The summed E-state index contributed by atoms with van der Waals surface area (Å²) in [6.45, 7) is 0. The Morgan fingerprint density at radius 2 is 2.06 bits per heavy atom. The highest BCUT2D eigenvalue weighted by Crippen LogP contribution is 2.47. The molecule has 0 fully saturated rings. The number of hydrogen-bond acceptors (Lipinski definition) is 11. The molecule has 2 N–H and O–H groups in total. The van der Waals surface area contributed by atoms with E-state index in [0.29, 0.717) is 51.1 Å². The maximum absolute atomic E-state index is 13.1. The van der Waals surface area contributed by atoms with E-state index in [1.54, 1.807) is 29.2 Å². The molecular weight excluding hydrogens is 460 g/mol. The Hall–Kier alpha value is -3.67. The van der Waals surface area contributed by atoms with Crippen molar-refractivity contribution in [1.82, 2.24) is 10.2 Å². The third-order valence-electron chi connectivity index (χ3n) is 5.43. The Morgan fingerprint density at radius 3 is 2.73 bits per heavy atom. The predicted molar refractivity (Wildman–Crippen MR) is 122 cm³/mol. The van der Waals surface area contributed by atoms with Gasteiger partial charge in [-0.2, -0.15) is 10.5 Å². The minimum Gasteiger partial charge on any atom is -0.465 e. The number of esters is 1. The number of carbonyl (C=O) groups excluding carboxylic acids is 2. The highest BCUT2D eigenvalue weighted by atomic mass is 32.2. The van der Waals surface area contributed by atoms with Crippen LogP contribution < -0.4 is 10.6 Å². The molecule has 166 valence electrons. The zero-order valence-electron chi connectivity index (χ0n) is 17.6. The lowest BCUT2D eigenvalue weighted by Gasteiger charge is -2.38. The maximum atomic E-state index is 13.1. The van der Waals surface area contributed by atoms with Crippen LogP contribution in [-0.2, 0) is 9.53 Å². The van der Waals surface area contributed by atoms with Gasteiger partial charge < -0.3 is 10.5 Å². The van der Waals surface area contributed by atoms with Gasteiger partial charge in [0, 0.05) is 17.7 Å². The summed E-state index contributed by atoms with van der Waals surface area (Å²) < 4.78 is 5.35. The molecule has 9 nitrogen and oxygen atoms in total. The normalized spacial score (nSPS) is 18.0. The minimum absolute atomic E-state index is 0.0489. The number of rotatable bonds is 5. The third kappa shape index (κ3) is 4.09. The Kier molecular flexibility index (Phi) is 6.45. The smallest absolute Gasteiger partial charge is 0.337 e. The number of benzene rings is 1. The summed E-state index contributed by atoms with van der Waals surface area (Å²) in [5.41, 5.74) is 9.01. The number of hydrogen-bond donors (Lipinski definition) is 1. The highest BCUT2D eigenvalue weighted by Gasteiger charge is 2.41. The average molecular weight is 479 g/mol. The summed E-state index contributed by atoms with van der Waals surface area (Å²) in [6.07, 6.45) is 1.63. The van der Waals surface area contributed by atoms with E-state index in [1.165, 1.54) is 30.2 Å². The van der Waals surface area contributed by atoms with Gasteiger partial charge in [-0.3, -0.25) is 9.69 Å². The van der Waals surface area contributed by atoms with Crippen molar-refractivity contribution in [3.8, 4) is 12.1 Å². The minimum atomic E-state index is -0.638. The molecule has 2 aromatic rings. The van der Waals surface area contributed by atoms with Crippen molar-refractivity contribution in [3.05, 3.63) is 58.1 Å². The van der Waals surface area contributed by atoms with Crippen LogP contribution in [0.2, 0.25) is 0 Å². The van der Waals surface area contributed by atoms with E-state index >= 15 is 0 Å². The van der Waals surface area contributed by atoms with Crippen LogP contribution in [0.4, 0.5) is 5.13 Å². The first-order valence-electron chi connectivity index (χ1n) is 9.97. The number of aromatic nitrogens is 2. The second kappa shape index (κ2) is 9.45. The number of allylic oxidation sites excluding steroid dienone is 3. The molecule has 0 saturated carbocycles. The molecule has 1 aromatic carbocycles. The Morgan fingerprint density at radius 1 is 1.30 bits per heavy atom. The first-order valence-corrected chi connectivity index (χ1v) is 11.8. The number of anilines is 1. The zero-order chi connectivity index (χ0) is 23.5. The van der Waals surface area contributed by atoms with E-state index in [0.717, 1.165) is 0 Å². The predicted octanol–water partition coefficient (Wildman–Crippen LogP) is 3.25. The first kappa shape index (κ1) is 22.5. The second-order valence-corrected chi connectivity index (χ2v) is 9.41. The van der Waals surface area contributed by atoms with Crippen molar-refractivity contribution in [3.63, 3.8) is 0 Å². The van der Waals surface area contributed by atoms with E-state index in [-0.39, 0.29) is 22.9 Å². The zero-order valence-corrected chi connectivity index (χ0v) is 19.2. The summed E-state index contributed by atoms with van der Waals surface area (Å²) in [5.74, 6) is -0.726. The molecule has 1 unspecified atom stereocenters. The molecule has 11 heteroatoms. The lowest BCUT2D eigenvalue weighted by molar-refractivity contribution is -0.116. The number of thioether (sulfide) groups is 1. The molecule has 1 aliphatic carbocycles. The second-order valence-electron chi connectivity index (χ2n) is 7.23. The Labute approximate surface area is 198 Å². The lowest BCUT2D eigenvalue weighted by atomic mass is 9.75. The summed E-state index contributed by atoms with van der Waals surface area (Å²) in [7, 11) is 1.30. The van der Waals surface area contributed by atoms with Gasteiger partial charge in [-0.1, -0.05) is 35.2 Å². The quantitative estimate of drug-likeness (QED) is 0.502. The summed E-state index contributed by atoms with van der Waals surface area (Å²) >= 11 is 2.51. The molecule has 1 aromatic heterocycles. The van der Waals surface area contributed by atoms with Gasteiger partial charge in [0.2, 0.25) is 5.13 Å². The van der Waals surface area contributed by atoms with Crippen molar-refractivity contribution in [2.75, 3.05) is 17.8 Å². The maximum Gasteiger partial charge on any atom is 0.337 e. The standard InChI is InChI=1S/C22H18N6O3S2/c1-31-20(30)13-7-5-12(6-8-13)17-14(11-24)19(25)28(15-3-2-4-16(29)18(15)17)21-26-27-22(33-21)32-10-9-23/h5-8,17H,2-4,10,25H2,1H3. The van der Waals surface area contributed by atoms with Gasteiger partial charge in [-0.15, -0.1) is 10.2 Å². The van der Waals surface area contributed by atoms with Crippen LogP contribution in [0.25, 0.3) is 0 Å². The van der Waals surface area contributed by atoms with Gasteiger partial charge in [0.15, 0.2) is 10.1 Å². The number of Topliss-reactive ketones (excluding diaryl/α,β-unsaturated/α-hetero) is 1. The highest BCUT2D eigenvalue weighted by molar-refractivity contribution is 8.01. The van der Waals surface area contributed by atoms with Gasteiger partial charge in [0.25, 0.3) is 0 Å². The van der Waals surface area contributed by atoms with Gasteiger partial charge in [0.05, 0.1) is 42.1 Å². The lowest BCUT2D eigenvalue weighted by Crippen LogP contribution is -2.38. The fourth-order valence-electron chi connectivity index (χ4n) is 4.01. The summed E-state index contributed by atoms with van der Waals surface area (Å²) in [6, 6.07) is 10.9. The van der Waals surface area contributed by atoms with Gasteiger partial charge in [-0.25, -0.2) is 4.79 Å². The van der Waals surface area contributed by atoms with Crippen molar-refractivity contribution in [1.29, 1.82) is 10.5 Å². The number of nitrogens with zero attached hydrogens (tertiary/aromatic N) is 5. The van der Waals surface area contributed by atoms with Crippen LogP contribution >= 0.6 is 23.1 Å². The number of carbonyl (C=O) groups is 2. The summed E-state index contributed by atoms with van der Waals surface area (Å²) in [5, 5.41) is 27.6. The molecule has 0 spiro atoms. The van der Waals surface area contributed by atoms with Crippen LogP contribution in [0, 0.1) is 22.7 Å². The fraction of sp³-hybridized carbons (Fsp3) is 0.273. The number of nitriles is 2. The molecule has 33 heavy (non-hydrogen) atoms. The third-order valence-corrected chi connectivity index (χ3v) is 7.33.